The Bertz CT molecular complexity index is 188. The number of unbranched alkanes of at least 4 members (excludes halogenated alkanes) is 6. The summed E-state index contributed by atoms with van der Waals surface area (Å²) in [6.07, 6.45) is 5.47. The van der Waals surface area contributed by atoms with Crippen LogP contribution in [0.5, 0.6) is 0 Å². The molecule has 4 heteroatoms. The minimum atomic E-state index is -4.06. The summed E-state index contributed by atoms with van der Waals surface area (Å²) in [7, 11) is 1.70. The molecule has 0 saturated heterocycles. The van der Waals surface area contributed by atoms with Crippen molar-refractivity contribution in [2.75, 3.05) is 13.7 Å². The van der Waals surface area contributed by atoms with Gasteiger partial charge >= 0.3 is 6.18 Å². The predicted octanol–water partition coefficient (Wildman–Crippen LogP) is 4.87. The molecule has 0 spiro atoms. The summed E-state index contributed by atoms with van der Waals surface area (Å²) in [6.45, 7) is 0.820. The van der Waals surface area contributed by atoms with Gasteiger partial charge in [-0.15, -0.1) is 0 Å². The van der Waals surface area contributed by atoms with Crippen molar-refractivity contribution in [2.45, 2.75) is 57.5 Å². The number of rotatable bonds is 10. The topological polar surface area (TPSA) is 9.23 Å². The zero-order valence-electron chi connectivity index (χ0n) is 10.6. The third kappa shape index (κ3) is 15.5. The van der Waals surface area contributed by atoms with Gasteiger partial charge in [-0.3, -0.25) is 0 Å². The van der Waals surface area contributed by atoms with Crippen molar-refractivity contribution in [3.63, 3.8) is 0 Å². The first-order valence-electron chi connectivity index (χ1n) is 6.27. The van der Waals surface area contributed by atoms with Crippen molar-refractivity contribution in [1.29, 1.82) is 0 Å². The van der Waals surface area contributed by atoms with Gasteiger partial charge < -0.3 is 4.74 Å². The lowest BCUT2D eigenvalue weighted by Gasteiger charge is -2.01. The van der Waals surface area contributed by atoms with Crippen LogP contribution in [-0.4, -0.2) is 19.9 Å². The van der Waals surface area contributed by atoms with Crippen molar-refractivity contribution in [3.05, 3.63) is 12.2 Å². The zero-order chi connectivity index (χ0) is 13.0. The second-order valence-electron chi connectivity index (χ2n) is 4.19. The van der Waals surface area contributed by atoms with E-state index in [0.717, 1.165) is 38.7 Å². The van der Waals surface area contributed by atoms with Crippen molar-refractivity contribution in [2.24, 2.45) is 0 Å². The van der Waals surface area contributed by atoms with Gasteiger partial charge in [-0.1, -0.05) is 37.8 Å². The van der Waals surface area contributed by atoms with Gasteiger partial charge in [-0.2, -0.15) is 13.2 Å². The Morgan fingerprint density at radius 3 is 2.06 bits per heavy atom. The summed E-state index contributed by atoms with van der Waals surface area (Å²) in [4.78, 5) is 0. The van der Waals surface area contributed by atoms with Crippen LogP contribution in [0.1, 0.15) is 51.4 Å². The normalized spacial score (nSPS) is 12.5. The minimum absolute atomic E-state index is 0.758. The first kappa shape index (κ1) is 16.5. The lowest BCUT2D eigenvalue weighted by molar-refractivity contribution is -0.125. The molecule has 0 aliphatic heterocycles. The molecule has 0 aliphatic rings. The van der Waals surface area contributed by atoms with E-state index in [2.05, 4.69) is 0 Å². The van der Waals surface area contributed by atoms with Crippen molar-refractivity contribution < 1.29 is 17.9 Å². The lowest BCUT2D eigenvalue weighted by Crippen LogP contribution is -2.03. The van der Waals surface area contributed by atoms with Gasteiger partial charge in [-0.05, 0) is 19.3 Å². The van der Waals surface area contributed by atoms with Crippen LogP contribution in [0.25, 0.3) is 0 Å². The number of methoxy groups -OCH3 is 1. The van der Waals surface area contributed by atoms with E-state index in [0.29, 0.717) is 0 Å². The zero-order valence-corrected chi connectivity index (χ0v) is 10.6. The first-order valence-corrected chi connectivity index (χ1v) is 6.27. The van der Waals surface area contributed by atoms with E-state index < -0.39 is 12.6 Å². The summed E-state index contributed by atoms with van der Waals surface area (Å²) in [6, 6.07) is 0. The second-order valence-corrected chi connectivity index (χ2v) is 4.19. The van der Waals surface area contributed by atoms with Gasteiger partial charge in [0.05, 0.1) is 6.42 Å². The van der Waals surface area contributed by atoms with Crippen LogP contribution in [-0.2, 0) is 4.74 Å². The van der Waals surface area contributed by atoms with Gasteiger partial charge in [0, 0.05) is 13.7 Å². The molecule has 0 unspecified atom stereocenters. The fourth-order valence-corrected chi connectivity index (χ4v) is 1.55. The highest BCUT2D eigenvalue weighted by Gasteiger charge is 2.24. The van der Waals surface area contributed by atoms with Crippen LogP contribution in [0.2, 0.25) is 0 Å². The quantitative estimate of drug-likeness (QED) is 0.398. The molecule has 0 heterocycles. The molecule has 0 rings (SSSR count). The number of hydrogen-bond acceptors (Lipinski definition) is 1. The van der Waals surface area contributed by atoms with Crippen LogP contribution >= 0.6 is 0 Å². The van der Waals surface area contributed by atoms with Gasteiger partial charge in [-0.25, -0.2) is 0 Å². The highest BCUT2D eigenvalue weighted by molar-refractivity contribution is 4.83. The van der Waals surface area contributed by atoms with E-state index in [1.54, 1.807) is 13.2 Å². The van der Waals surface area contributed by atoms with E-state index in [1.165, 1.54) is 18.9 Å². The van der Waals surface area contributed by atoms with E-state index in [1.807, 2.05) is 0 Å². The fourth-order valence-electron chi connectivity index (χ4n) is 1.55. The van der Waals surface area contributed by atoms with Gasteiger partial charge in [0.2, 0.25) is 0 Å². The molecule has 102 valence electrons. The molecule has 0 amide bonds. The standard InChI is InChI=1S/C13H23F3O/c1-17-12-10-8-6-4-2-3-5-7-9-11-13(14,15)16/h7,9H,2-6,8,10-12H2,1H3/b9-7+. The molecule has 1 nitrogen and oxygen atoms in total. The van der Waals surface area contributed by atoms with Crippen molar-refractivity contribution in [1.82, 2.24) is 0 Å². The molecule has 0 aromatic carbocycles. The van der Waals surface area contributed by atoms with E-state index in [4.69, 9.17) is 4.74 Å². The molecule has 0 N–H and O–H groups in total. The molecule has 0 radical (unpaired) electrons. The second kappa shape index (κ2) is 10.6. The maximum Gasteiger partial charge on any atom is 0.392 e. The number of ether oxygens (including phenoxy) is 1. The molecular weight excluding hydrogens is 229 g/mol. The van der Waals surface area contributed by atoms with Gasteiger partial charge in [0.25, 0.3) is 0 Å². The number of hydrogen-bond donors (Lipinski definition) is 0. The Balaban J connectivity index is 3.13. The van der Waals surface area contributed by atoms with E-state index in [-0.39, 0.29) is 0 Å². The predicted molar refractivity (Wildman–Crippen MR) is 64.0 cm³/mol. The first-order chi connectivity index (χ1) is 8.06. The Morgan fingerprint density at radius 2 is 1.47 bits per heavy atom. The summed E-state index contributed by atoms with van der Waals surface area (Å²) < 4.78 is 40.3. The van der Waals surface area contributed by atoms with Crippen LogP contribution in [0.4, 0.5) is 13.2 Å². The van der Waals surface area contributed by atoms with Crippen molar-refractivity contribution >= 4 is 0 Å². The van der Waals surface area contributed by atoms with Gasteiger partial charge in [0.15, 0.2) is 0 Å². The highest BCUT2D eigenvalue weighted by atomic mass is 19.4. The third-order valence-corrected chi connectivity index (χ3v) is 2.49. The molecule has 0 aromatic rings. The van der Waals surface area contributed by atoms with Crippen LogP contribution in [0, 0.1) is 0 Å². The maximum atomic E-state index is 11.8. The van der Waals surface area contributed by atoms with Crippen LogP contribution < -0.4 is 0 Å². The molecule has 0 bridgehead atoms. The summed E-state index contributed by atoms with van der Waals surface area (Å²) in [5, 5.41) is 0. The Kier molecular flexibility index (Phi) is 10.3. The van der Waals surface area contributed by atoms with Crippen molar-refractivity contribution in [3.8, 4) is 0 Å². The highest BCUT2D eigenvalue weighted by Crippen LogP contribution is 2.20. The largest absolute Gasteiger partial charge is 0.392 e. The molecule has 0 fully saturated rings. The SMILES string of the molecule is COCCCCCCCC/C=C/CC(F)(F)F. The smallest absolute Gasteiger partial charge is 0.385 e. The fraction of sp³-hybridized carbons (Fsp3) is 0.846. The lowest BCUT2D eigenvalue weighted by atomic mass is 10.1. The molecule has 0 aromatic heterocycles. The summed E-state index contributed by atoms with van der Waals surface area (Å²) >= 11 is 0. The Hall–Kier alpha value is -0.510. The Labute approximate surface area is 102 Å². The minimum Gasteiger partial charge on any atom is -0.385 e. The summed E-state index contributed by atoms with van der Waals surface area (Å²) in [5.41, 5.74) is 0. The molecule has 0 saturated carbocycles. The van der Waals surface area contributed by atoms with E-state index in [9.17, 15) is 13.2 Å². The molecule has 0 atom stereocenters. The molecule has 0 aliphatic carbocycles. The monoisotopic (exact) mass is 252 g/mol. The average Bonchev–Trinajstić information content (AvgIpc) is 2.24. The van der Waals surface area contributed by atoms with Crippen LogP contribution in [0.3, 0.4) is 0 Å². The summed E-state index contributed by atoms with van der Waals surface area (Å²) in [5.74, 6) is 0. The number of halogens is 3. The number of alkyl halides is 3. The van der Waals surface area contributed by atoms with Gasteiger partial charge in [0.1, 0.15) is 0 Å². The molecular formula is C13H23F3O. The van der Waals surface area contributed by atoms with E-state index >= 15 is 0 Å². The Morgan fingerprint density at radius 1 is 0.882 bits per heavy atom. The molecule has 17 heavy (non-hydrogen) atoms. The average molecular weight is 252 g/mol. The maximum absolute atomic E-state index is 11.8. The third-order valence-electron chi connectivity index (χ3n) is 2.49. The van der Waals surface area contributed by atoms with Crippen LogP contribution in [0.15, 0.2) is 12.2 Å². The number of allylic oxidation sites excluding steroid dienone is 2.